The minimum atomic E-state index is -5.08. The van der Waals surface area contributed by atoms with Crippen molar-refractivity contribution in [2.24, 2.45) is 5.73 Å². The number of H-pyrrole nitrogens is 1. The average Bonchev–Trinajstić information content (AvgIpc) is 3.54. The Balaban J connectivity index is 0.000000470. The fourth-order valence-corrected chi connectivity index (χ4v) is 4.60. The molecule has 40 heavy (non-hydrogen) atoms. The second-order valence-electron chi connectivity index (χ2n) is 9.40. The number of nitrogens with zero attached hydrogens (tertiary/aromatic N) is 2. The maximum Gasteiger partial charge on any atom is 0.490 e. The smallest absolute Gasteiger partial charge is 0.475 e. The van der Waals surface area contributed by atoms with Gasteiger partial charge in [-0.25, -0.2) is 9.78 Å². The van der Waals surface area contributed by atoms with Gasteiger partial charge in [0.05, 0.1) is 16.6 Å². The van der Waals surface area contributed by atoms with Gasteiger partial charge < -0.3 is 15.8 Å². The van der Waals surface area contributed by atoms with E-state index in [4.69, 9.17) is 15.6 Å². The summed E-state index contributed by atoms with van der Waals surface area (Å²) in [5, 5.41) is 7.12. The molecule has 0 bridgehead atoms. The maximum atomic E-state index is 13.0. The third-order valence-electron chi connectivity index (χ3n) is 6.63. The highest BCUT2D eigenvalue weighted by atomic mass is 19.4. The molecular formula is C28H26F6N4O2. The summed E-state index contributed by atoms with van der Waals surface area (Å²) in [7, 11) is 0. The second-order valence-corrected chi connectivity index (χ2v) is 9.40. The minimum absolute atomic E-state index is 0.370. The molecule has 0 aliphatic carbocycles. The molecule has 4 aromatic rings. The van der Waals surface area contributed by atoms with Gasteiger partial charge in [0.25, 0.3) is 0 Å². The van der Waals surface area contributed by atoms with E-state index in [0.717, 1.165) is 48.3 Å². The van der Waals surface area contributed by atoms with Crippen molar-refractivity contribution in [1.29, 1.82) is 0 Å². The zero-order valence-corrected chi connectivity index (χ0v) is 21.1. The van der Waals surface area contributed by atoms with Crippen LogP contribution in [-0.2, 0) is 17.5 Å². The molecule has 1 saturated heterocycles. The van der Waals surface area contributed by atoms with Crippen LogP contribution < -0.4 is 5.73 Å². The molecule has 5 rings (SSSR count). The lowest BCUT2D eigenvalue weighted by Crippen LogP contribution is -2.34. The van der Waals surface area contributed by atoms with Crippen LogP contribution in [0, 0.1) is 0 Å². The van der Waals surface area contributed by atoms with Crippen LogP contribution in [0.2, 0.25) is 0 Å². The first-order valence-electron chi connectivity index (χ1n) is 12.4. The number of carbonyl (C=O) groups is 1. The van der Waals surface area contributed by atoms with Crippen LogP contribution >= 0.6 is 0 Å². The highest BCUT2D eigenvalue weighted by molar-refractivity contribution is 5.80. The molecule has 212 valence electrons. The van der Waals surface area contributed by atoms with Crippen molar-refractivity contribution >= 4 is 17.0 Å². The van der Waals surface area contributed by atoms with Crippen LogP contribution in [0.3, 0.4) is 0 Å². The van der Waals surface area contributed by atoms with Crippen molar-refractivity contribution in [2.75, 3.05) is 13.1 Å². The number of benzene rings is 3. The van der Waals surface area contributed by atoms with Crippen LogP contribution in [0.1, 0.15) is 24.0 Å². The van der Waals surface area contributed by atoms with Gasteiger partial charge in [0.2, 0.25) is 0 Å². The number of rotatable bonds is 5. The van der Waals surface area contributed by atoms with Gasteiger partial charge in [0, 0.05) is 24.7 Å². The second kappa shape index (κ2) is 11.7. The van der Waals surface area contributed by atoms with Gasteiger partial charge >= 0.3 is 18.3 Å². The SMILES string of the molecule is NCC1CCCN1Cc1cccc(-c2ccc(-c3nc4ccc(C(F)(F)F)cc4[nH]3)cc2)c1.O=C(O)C(F)(F)F. The number of alkyl halides is 6. The van der Waals surface area contributed by atoms with Gasteiger partial charge in [-0.3, -0.25) is 4.90 Å². The van der Waals surface area contributed by atoms with Crippen molar-refractivity contribution < 1.29 is 36.2 Å². The summed E-state index contributed by atoms with van der Waals surface area (Å²) in [6.07, 6.45) is -7.10. The van der Waals surface area contributed by atoms with Crippen LogP contribution in [0.25, 0.3) is 33.5 Å². The van der Waals surface area contributed by atoms with E-state index in [-0.39, 0.29) is 0 Å². The fraction of sp³-hybridized carbons (Fsp3) is 0.286. The van der Waals surface area contributed by atoms with E-state index >= 15 is 0 Å². The van der Waals surface area contributed by atoms with E-state index in [2.05, 4.69) is 39.1 Å². The number of carboxylic acids is 1. The molecular weight excluding hydrogens is 538 g/mol. The molecule has 1 aliphatic heterocycles. The molecule has 0 amide bonds. The number of halogens is 6. The van der Waals surface area contributed by atoms with Crippen LogP contribution in [-0.4, -0.2) is 51.3 Å². The predicted molar refractivity (Wildman–Crippen MR) is 138 cm³/mol. The number of aliphatic carboxylic acids is 1. The molecule has 3 aromatic carbocycles. The largest absolute Gasteiger partial charge is 0.490 e. The lowest BCUT2D eigenvalue weighted by atomic mass is 10.0. The molecule has 1 unspecified atom stereocenters. The number of hydrogen-bond donors (Lipinski definition) is 3. The lowest BCUT2D eigenvalue weighted by Gasteiger charge is -2.23. The third kappa shape index (κ3) is 6.99. The monoisotopic (exact) mass is 564 g/mol. The number of imidazole rings is 1. The number of nitrogens with two attached hydrogens (primary N) is 1. The molecule has 0 saturated carbocycles. The summed E-state index contributed by atoms with van der Waals surface area (Å²) in [4.78, 5) is 18.8. The summed E-state index contributed by atoms with van der Waals surface area (Å²) in [5.41, 5.74) is 10.4. The number of aromatic amines is 1. The van der Waals surface area contributed by atoms with Gasteiger partial charge in [-0.2, -0.15) is 26.3 Å². The molecule has 1 atom stereocenters. The van der Waals surface area contributed by atoms with Crippen LogP contribution in [0.15, 0.2) is 66.7 Å². The summed E-state index contributed by atoms with van der Waals surface area (Å²) >= 11 is 0. The van der Waals surface area contributed by atoms with Crippen molar-refractivity contribution in [1.82, 2.24) is 14.9 Å². The van der Waals surface area contributed by atoms with E-state index in [9.17, 15) is 26.3 Å². The zero-order valence-electron chi connectivity index (χ0n) is 21.1. The van der Waals surface area contributed by atoms with E-state index < -0.39 is 23.9 Å². The Bertz CT molecular complexity index is 1460. The molecule has 1 fully saturated rings. The minimum Gasteiger partial charge on any atom is -0.475 e. The van der Waals surface area contributed by atoms with Gasteiger partial charge in [-0.15, -0.1) is 0 Å². The lowest BCUT2D eigenvalue weighted by molar-refractivity contribution is -0.192. The van der Waals surface area contributed by atoms with E-state index in [1.807, 2.05) is 24.3 Å². The van der Waals surface area contributed by atoms with Crippen molar-refractivity contribution in [3.63, 3.8) is 0 Å². The summed E-state index contributed by atoms with van der Waals surface area (Å²) in [6.45, 7) is 2.68. The highest BCUT2D eigenvalue weighted by Crippen LogP contribution is 2.32. The number of carboxylic acid groups (broad SMARTS) is 1. The number of aromatic nitrogens is 2. The van der Waals surface area contributed by atoms with Gasteiger partial charge in [0.15, 0.2) is 0 Å². The zero-order chi connectivity index (χ0) is 29.1. The normalized spacial score (nSPS) is 16.1. The van der Waals surface area contributed by atoms with Crippen LogP contribution in [0.5, 0.6) is 0 Å². The summed E-state index contributed by atoms with van der Waals surface area (Å²) in [5.74, 6) is -2.21. The van der Waals surface area contributed by atoms with Crippen molar-refractivity contribution in [3.8, 4) is 22.5 Å². The van der Waals surface area contributed by atoms with Crippen molar-refractivity contribution in [3.05, 3.63) is 77.9 Å². The number of hydrogen-bond acceptors (Lipinski definition) is 4. The maximum absolute atomic E-state index is 13.0. The predicted octanol–water partition coefficient (Wildman–Crippen LogP) is 6.47. The average molecular weight is 565 g/mol. The molecule has 6 nitrogen and oxygen atoms in total. The Morgan fingerprint density at radius 1 is 0.975 bits per heavy atom. The Labute approximate surface area is 225 Å². The topological polar surface area (TPSA) is 95.2 Å². The van der Waals surface area contributed by atoms with E-state index in [1.165, 1.54) is 18.1 Å². The highest BCUT2D eigenvalue weighted by Gasteiger charge is 2.38. The molecule has 2 heterocycles. The molecule has 12 heteroatoms. The third-order valence-corrected chi connectivity index (χ3v) is 6.63. The number of fused-ring (bicyclic) bond motifs is 1. The molecule has 0 radical (unpaired) electrons. The first-order chi connectivity index (χ1) is 18.8. The Morgan fingerprint density at radius 2 is 1.65 bits per heavy atom. The molecule has 1 aliphatic rings. The first kappa shape index (κ1) is 29.1. The van der Waals surface area contributed by atoms with Gasteiger partial charge in [0.1, 0.15) is 5.82 Å². The van der Waals surface area contributed by atoms with Crippen molar-refractivity contribution in [2.45, 2.75) is 37.8 Å². The Hall–Kier alpha value is -3.90. The Morgan fingerprint density at radius 3 is 2.27 bits per heavy atom. The van der Waals surface area contributed by atoms with Gasteiger partial charge in [-0.1, -0.05) is 42.5 Å². The number of likely N-dealkylation sites (tertiary alicyclic amines) is 1. The molecule has 1 aromatic heterocycles. The van der Waals surface area contributed by atoms with E-state index in [1.54, 1.807) is 0 Å². The van der Waals surface area contributed by atoms with Gasteiger partial charge in [-0.05, 0) is 60.3 Å². The van der Waals surface area contributed by atoms with Crippen LogP contribution in [0.4, 0.5) is 26.3 Å². The molecule has 0 spiro atoms. The summed E-state index contributed by atoms with van der Waals surface area (Å²) < 4.78 is 70.7. The quantitative estimate of drug-likeness (QED) is 0.242. The standard InChI is InChI=1S/C26H25F3N4.C2HF3O2/c27-26(28,29)21-10-11-23-24(14-21)32-25(31-23)19-8-6-18(7-9-19)20-4-1-3-17(13-20)16-33-12-2-5-22(33)15-30;3-2(4,5)1(6)7/h1,3-4,6-11,13-14,22H,2,5,12,15-16,30H2,(H,31,32);(H,6,7). The first-order valence-corrected chi connectivity index (χ1v) is 12.4. The molecule has 4 N–H and O–H groups in total. The van der Waals surface area contributed by atoms with E-state index in [0.29, 0.717) is 29.4 Å². The fourth-order valence-electron chi connectivity index (χ4n) is 4.60. The number of nitrogens with one attached hydrogen (secondary N) is 1. The Kier molecular flexibility index (Phi) is 8.50. The summed E-state index contributed by atoms with van der Waals surface area (Å²) in [6, 6.07) is 20.4.